The normalized spacial score (nSPS) is 13.3. The topological polar surface area (TPSA) is 74.2 Å². The van der Waals surface area contributed by atoms with Crippen molar-refractivity contribution in [1.82, 2.24) is 15.6 Å². The van der Waals surface area contributed by atoms with Gasteiger partial charge in [0.2, 0.25) is 0 Å². The van der Waals surface area contributed by atoms with Crippen LogP contribution in [0.2, 0.25) is 0 Å². The molecule has 1 heterocycles. The van der Waals surface area contributed by atoms with Crippen molar-refractivity contribution in [2.45, 2.75) is 39.3 Å². The first kappa shape index (κ1) is 18.9. The van der Waals surface area contributed by atoms with Gasteiger partial charge in [0, 0.05) is 12.7 Å². The highest BCUT2D eigenvalue weighted by Gasteiger charge is 2.18. The second-order valence-electron chi connectivity index (χ2n) is 6.60. The number of carbonyl (C=O) groups excluding carboxylic acids is 1. The Hall–Kier alpha value is -2.40. The molecule has 3 N–H and O–H groups in total. The number of amides is 2. The molecule has 2 aromatic rings. The third-order valence-corrected chi connectivity index (χ3v) is 4.13. The summed E-state index contributed by atoms with van der Waals surface area (Å²) in [5.74, 6) is 0.179. The maximum absolute atomic E-state index is 12.3. The fourth-order valence-corrected chi connectivity index (χ4v) is 2.57. The smallest absolute Gasteiger partial charge is 0.315 e. The molecule has 5 heteroatoms. The molecule has 1 aromatic carbocycles. The van der Waals surface area contributed by atoms with Crippen molar-refractivity contribution in [1.29, 1.82) is 0 Å². The van der Waals surface area contributed by atoms with Gasteiger partial charge in [0.05, 0.1) is 17.8 Å². The molecule has 5 nitrogen and oxygen atoms in total. The highest BCUT2D eigenvalue weighted by atomic mass is 16.3. The largest absolute Gasteiger partial charge is 0.393 e. The van der Waals surface area contributed by atoms with Crippen molar-refractivity contribution in [3.05, 3.63) is 65.5 Å². The van der Waals surface area contributed by atoms with Crippen LogP contribution in [0.1, 0.15) is 43.1 Å². The molecule has 2 amide bonds. The average Bonchev–Trinajstić information content (AvgIpc) is 2.60. The van der Waals surface area contributed by atoms with Gasteiger partial charge in [-0.25, -0.2) is 4.79 Å². The standard InChI is InChI=1S/C20H27N3O2/c1-14(2)18(24)10-12-22-20(25)23-19(17-9-4-5-11-21-17)16-8-6-7-15(3)13-16/h4-9,11,13-14,18-19,24H,10,12H2,1-3H3,(H2,22,23,25). The second-order valence-corrected chi connectivity index (χ2v) is 6.60. The van der Waals surface area contributed by atoms with Crippen LogP contribution < -0.4 is 10.6 Å². The molecule has 25 heavy (non-hydrogen) atoms. The number of hydrogen-bond acceptors (Lipinski definition) is 3. The molecule has 1 aromatic heterocycles. The minimum Gasteiger partial charge on any atom is -0.393 e. The van der Waals surface area contributed by atoms with Crippen molar-refractivity contribution >= 4 is 6.03 Å². The zero-order valence-corrected chi connectivity index (χ0v) is 15.1. The van der Waals surface area contributed by atoms with Gasteiger partial charge in [-0.15, -0.1) is 0 Å². The summed E-state index contributed by atoms with van der Waals surface area (Å²) in [5, 5.41) is 15.6. The number of urea groups is 1. The van der Waals surface area contributed by atoms with Crippen LogP contribution in [0, 0.1) is 12.8 Å². The SMILES string of the molecule is Cc1cccc(C(NC(=O)NCCC(O)C(C)C)c2ccccn2)c1. The number of rotatable bonds is 7. The van der Waals surface area contributed by atoms with E-state index >= 15 is 0 Å². The van der Waals surface area contributed by atoms with Crippen LogP contribution >= 0.6 is 0 Å². The molecule has 0 spiro atoms. The Kier molecular flexibility index (Phi) is 6.95. The van der Waals surface area contributed by atoms with Crippen LogP contribution in [0.25, 0.3) is 0 Å². The molecular weight excluding hydrogens is 314 g/mol. The van der Waals surface area contributed by atoms with Crippen LogP contribution in [0.3, 0.4) is 0 Å². The highest BCUT2D eigenvalue weighted by Crippen LogP contribution is 2.21. The third-order valence-electron chi connectivity index (χ3n) is 4.13. The fourth-order valence-electron chi connectivity index (χ4n) is 2.57. The van der Waals surface area contributed by atoms with Gasteiger partial charge in [-0.2, -0.15) is 0 Å². The minimum atomic E-state index is -0.413. The maximum Gasteiger partial charge on any atom is 0.315 e. The summed E-state index contributed by atoms with van der Waals surface area (Å²) in [5.41, 5.74) is 2.89. The van der Waals surface area contributed by atoms with Gasteiger partial charge in [-0.1, -0.05) is 49.7 Å². The number of hydrogen-bond donors (Lipinski definition) is 3. The predicted molar refractivity (Wildman–Crippen MR) is 99.3 cm³/mol. The van der Waals surface area contributed by atoms with Crippen molar-refractivity contribution < 1.29 is 9.90 Å². The Morgan fingerprint density at radius 1 is 1.20 bits per heavy atom. The molecule has 134 valence electrons. The Balaban J connectivity index is 2.05. The summed E-state index contributed by atoms with van der Waals surface area (Å²) < 4.78 is 0. The monoisotopic (exact) mass is 341 g/mol. The Labute approximate surface area is 149 Å². The number of aliphatic hydroxyl groups is 1. The first-order chi connectivity index (χ1) is 12.0. The quantitative estimate of drug-likeness (QED) is 0.724. The summed E-state index contributed by atoms with van der Waals surface area (Å²) in [6, 6.07) is 13.1. The molecule has 0 aliphatic heterocycles. The van der Waals surface area contributed by atoms with Crippen molar-refractivity contribution in [3.63, 3.8) is 0 Å². The van der Waals surface area contributed by atoms with E-state index in [0.29, 0.717) is 13.0 Å². The van der Waals surface area contributed by atoms with E-state index in [2.05, 4.69) is 15.6 Å². The number of nitrogens with one attached hydrogen (secondary N) is 2. The molecule has 2 rings (SSSR count). The number of aromatic nitrogens is 1. The van der Waals surface area contributed by atoms with E-state index in [-0.39, 0.29) is 18.0 Å². The van der Waals surface area contributed by atoms with E-state index in [9.17, 15) is 9.90 Å². The van der Waals surface area contributed by atoms with Gasteiger partial charge in [0.25, 0.3) is 0 Å². The lowest BCUT2D eigenvalue weighted by molar-refractivity contribution is 0.116. The van der Waals surface area contributed by atoms with E-state index in [1.807, 2.05) is 63.2 Å². The number of benzene rings is 1. The predicted octanol–water partition coefficient (Wildman–Crippen LogP) is 3.19. The van der Waals surface area contributed by atoms with Crippen LogP contribution in [-0.2, 0) is 0 Å². The lowest BCUT2D eigenvalue weighted by atomic mass is 10.0. The number of aliphatic hydroxyl groups excluding tert-OH is 1. The van der Waals surface area contributed by atoms with E-state index in [0.717, 1.165) is 16.8 Å². The minimum absolute atomic E-state index is 0.179. The Morgan fingerprint density at radius 2 is 2.00 bits per heavy atom. The van der Waals surface area contributed by atoms with Gasteiger partial charge in [-0.05, 0) is 37.0 Å². The molecule has 2 unspecified atom stereocenters. The van der Waals surface area contributed by atoms with Crippen LogP contribution in [0.5, 0.6) is 0 Å². The second kappa shape index (κ2) is 9.18. The average molecular weight is 341 g/mol. The number of nitrogens with zero attached hydrogens (tertiary/aromatic N) is 1. The van der Waals surface area contributed by atoms with Crippen molar-refractivity contribution in [3.8, 4) is 0 Å². The maximum atomic E-state index is 12.3. The Morgan fingerprint density at radius 3 is 2.64 bits per heavy atom. The van der Waals surface area contributed by atoms with Gasteiger partial charge in [-0.3, -0.25) is 4.98 Å². The third kappa shape index (κ3) is 5.87. The first-order valence-corrected chi connectivity index (χ1v) is 8.67. The van der Waals surface area contributed by atoms with Gasteiger partial charge >= 0.3 is 6.03 Å². The number of aryl methyl sites for hydroxylation is 1. The zero-order valence-electron chi connectivity index (χ0n) is 15.1. The van der Waals surface area contributed by atoms with Crippen LogP contribution in [0.4, 0.5) is 4.79 Å². The summed E-state index contributed by atoms with van der Waals surface area (Å²) >= 11 is 0. The lowest BCUT2D eigenvalue weighted by Crippen LogP contribution is -2.40. The summed E-state index contributed by atoms with van der Waals surface area (Å²) in [6.45, 7) is 6.36. The van der Waals surface area contributed by atoms with E-state index in [1.165, 1.54) is 0 Å². The molecule has 0 saturated heterocycles. The summed E-state index contributed by atoms with van der Waals surface area (Å²) in [7, 11) is 0. The molecule has 0 aliphatic rings. The summed E-state index contributed by atoms with van der Waals surface area (Å²) in [6.07, 6.45) is 1.84. The molecule has 0 fully saturated rings. The molecule has 0 saturated carbocycles. The van der Waals surface area contributed by atoms with E-state index in [4.69, 9.17) is 0 Å². The van der Waals surface area contributed by atoms with Gasteiger partial charge in [0.15, 0.2) is 0 Å². The first-order valence-electron chi connectivity index (χ1n) is 8.67. The van der Waals surface area contributed by atoms with Crippen LogP contribution in [-0.4, -0.2) is 28.8 Å². The lowest BCUT2D eigenvalue weighted by Gasteiger charge is -2.20. The fraction of sp³-hybridized carbons (Fsp3) is 0.400. The molecule has 2 atom stereocenters. The zero-order chi connectivity index (χ0) is 18.2. The summed E-state index contributed by atoms with van der Waals surface area (Å²) in [4.78, 5) is 16.7. The van der Waals surface area contributed by atoms with Crippen LogP contribution in [0.15, 0.2) is 48.7 Å². The van der Waals surface area contributed by atoms with E-state index in [1.54, 1.807) is 6.20 Å². The molecule has 0 bridgehead atoms. The molecule has 0 radical (unpaired) electrons. The number of carbonyl (C=O) groups is 1. The van der Waals surface area contributed by atoms with Gasteiger partial charge in [0.1, 0.15) is 0 Å². The molecular formula is C20H27N3O2. The number of pyridine rings is 1. The van der Waals surface area contributed by atoms with Crippen molar-refractivity contribution in [2.24, 2.45) is 5.92 Å². The van der Waals surface area contributed by atoms with Gasteiger partial charge < -0.3 is 15.7 Å². The highest BCUT2D eigenvalue weighted by molar-refractivity contribution is 5.74. The Bertz CT molecular complexity index is 674. The van der Waals surface area contributed by atoms with E-state index < -0.39 is 6.10 Å². The van der Waals surface area contributed by atoms with Crippen molar-refractivity contribution in [2.75, 3.05) is 6.54 Å². The molecule has 0 aliphatic carbocycles.